The second kappa shape index (κ2) is 3.55. The first kappa shape index (κ1) is 9.98. The van der Waals surface area contributed by atoms with Gasteiger partial charge in [-0.2, -0.15) is 0 Å². The Morgan fingerprint density at radius 3 is 2.67 bits per heavy atom. The molecule has 2 aromatic rings. The molecule has 0 aliphatic heterocycles. The summed E-state index contributed by atoms with van der Waals surface area (Å²) in [4.78, 5) is 11.4. The van der Waals surface area contributed by atoms with Crippen molar-refractivity contribution in [1.29, 1.82) is 0 Å². The van der Waals surface area contributed by atoms with Crippen LogP contribution in [0.3, 0.4) is 0 Å². The smallest absolute Gasteiger partial charge is 0.271 e. The first-order chi connectivity index (χ1) is 7.08. The van der Waals surface area contributed by atoms with Gasteiger partial charge in [-0.3, -0.25) is 9.89 Å². The lowest BCUT2D eigenvalue weighted by Gasteiger charge is -2.03. The summed E-state index contributed by atoms with van der Waals surface area (Å²) in [5.74, 6) is -0.536. The molecule has 1 aromatic carbocycles. The van der Waals surface area contributed by atoms with E-state index in [9.17, 15) is 9.18 Å². The third kappa shape index (κ3) is 1.80. The quantitative estimate of drug-likeness (QED) is 0.796. The lowest BCUT2D eigenvalue weighted by atomic mass is 10.3. The predicted molar refractivity (Wildman–Crippen MR) is 56.1 cm³/mol. The van der Waals surface area contributed by atoms with Crippen LogP contribution in [0.15, 0.2) is 29.1 Å². The molecule has 0 radical (unpaired) electrons. The van der Waals surface area contributed by atoms with Crippen molar-refractivity contribution >= 4 is 11.6 Å². The minimum absolute atomic E-state index is 0.164. The van der Waals surface area contributed by atoms with E-state index < -0.39 is 5.82 Å². The second-order valence-corrected chi connectivity index (χ2v) is 3.64. The topological polar surface area (TPSA) is 37.8 Å². The first-order valence-corrected chi connectivity index (χ1v) is 4.70. The van der Waals surface area contributed by atoms with Crippen LogP contribution < -0.4 is 5.56 Å². The maximum Gasteiger partial charge on any atom is 0.271 e. The van der Waals surface area contributed by atoms with Gasteiger partial charge >= 0.3 is 0 Å². The van der Waals surface area contributed by atoms with E-state index in [4.69, 9.17) is 11.6 Å². The Morgan fingerprint density at radius 1 is 1.40 bits per heavy atom. The second-order valence-electron chi connectivity index (χ2n) is 3.21. The van der Waals surface area contributed by atoms with Gasteiger partial charge in [0.1, 0.15) is 11.5 Å². The summed E-state index contributed by atoms with van der Waals surface area (Å²) in [5, 5.41) is 3.04. The van der Waals surface area contributed by atoms with Gasteiger partial charge in [0.15, 0.2) is 0 Å². The van der Waals surface area contributed by atoms with Crippen LogP contribution in [-0.4, -0.2) is 9.78 Å². The summed E-state index contributed by atoms with van der Waals surface area (Å²) in [5.41, 5.74) is 0.542. The van der Waals surface area contributed by atoms with Crippen molar-refractivity contribution in [1.82, 2.24) is 9.78 Å². The van der Waals surface area contributed by atoms with E-state index in [1.54, 1.807) is 6.92 Å². The molecule has 1 aromatic heterocycles. The standard InChI is InChI=1S/C10H8ClFN2O/c1-6-4-10(15)14(13-6)9-3-2-7(11)5-8(9)12/h2-5,13H,1H3. The third-order valence-corrected chi connectivity index (χ3v) is 2.23. The SMILES string of the molecule is Cc1cc(=O)n(-c2ccc(Cl)cc2F)[nH]1. The summed E-state index contributed by atoms with van der Waals surface area (Å²) in [6, 6.07) is 5.55. The number of H-pyrrole nitrogens is 1. The van der Waals surface area contributed by atoms with Crippen molar-refractivity contribution in [3.8, 4) is 5.69 Å². The van der Waals surface area contributed by atoms with Crippen LogP contribution in [0.25, 0.3) is 5.69 Å². The lowest BCUT2D eigenvalue weighted by molar-refractivity contribution is 0.608. The summed E-state index contributed by atoms with van der Waals surface area (Å²) in [7, 11) is 0. The van der Waals surface area contributed by atoms with Crippen molar-refractivity contribution < 1.29 is 4.39 Å². The molecular weight excluding hydrogens is 219 g/mol. The highest BCUT2D eigenvalue weighted by Gasteiger charge is 2.08. The number of nitrogens with zero attached hydrogens (tertiary/aromatic N) is 1. The molecule has 5 heteroatoms. The fourth-order valence-corrected chi connectivity index (χ4v) is 1.51. The van der Waals surface area contributed by atoms with Gasteiger partial charge in [-0.05, 0) is 25.1 Å². The molecule has 15 heavy (non-hydrogen) atoms. The number of halogens is 2. The molecule has 2 rings (SSSR count). The summed E-state index contributed by atoms with van der Waals surface area (Å²) in [6.45, 7) is 1.73. The maximum atomic E-state index is 13.5. The number of hydrogen-bond donors (Lipinski definition) is 1. The molecule has 0 bridgehead atoms. The largest absolute Gasteiger partial charge is 0.295 e. The van der Waals surface area contributed by atoms with E-state index in [2.05, 4.69) is 5.10 Å². The highest BCUT2D eigenvalue weighted by atomic mass is 35.5. The highest BCUT2D eigenvalue weighted by molar-refractivity contribution is 6.30. The van der Waals surface area contributed by atoms with Gasteiger partial charge in [0.05, 0.1) is 0 Å². The van der Waals surface area contributed by atoms with Crippen LogP contribution in [-0.2, 0) is 0 Å². The van der Waals surface area contributed by atoms with Gasteiger partial charge in [0.2, 0.25) is 0 Å². The van der Waals surface area contributed by atoms with Crippen LogP contribution in [0.4, 0.5) is 4.39 Å². The maximum absolute atomic E-state index is 13.5. The predicted octanol–water partition coefficient (Wildman–Crippen LogP) is 2.27. The average molecular weight is 227 g/mol. The van der Waals surface area contributed by atoms with E-state index in [-0.39, 0.29) is 11.2 Å². The number of aromatic nitrogens is 2. The molecule has 0 fully saturated rings. The van der Waals surface area contributed by atoms with Crippen LogP contribution in [0.2, 0.25) is 5.02 Å². The molecule has 0 spiro atoms. The Kier molecular flexibility index (Phi) is 2.36. The molecule has 0 saturated carbocycles. The zero-order valence-corrected chi connectivity index (χ0v) is 8.68. The number of benzene rings is 1. The monoisotopic (exact) mass is 226 g/mol. The highest BCUT2D eigenvalue weighted by Crippen LogP contribution is 2.16. The molecule has 0 aliphatic carbocycles. The van der Waals surface area contributed by atoms with E-state index in [1.807, 2.05) is 0 Å². The number of aryl methyl sites for hydroxylation is 1. The molecule has 78 valence electrons. The Hall–Kier alpha value is -1.55. The van der Waals surface area contributed by atoms with Gasteiger partial charge in [0.25, 0.3) is 5.56 Å². The van der Waals surface area contributed by atoms with E-state index in [1.165, 1.54) is 24.3 Å². The molecule has 0 amide bonds. The Morgan fingerprint density at radius 2 is 2.13 bits per heavy atom. The van der Waals surface area contributed by atoms with Gasteiger partial charge in [0, 0.05) is 16.8 Å². The Labute approximate surface area is 90.1 Å². The normalized spacial score (nSPS) is 10.6. The van der Waals surface area contributed by atoms with Crippen molar-refractivity contribution in [2.24, 2.45) is 0 Å². The number of hydrogen-bond acceptors (Lipinski definition) is 1. The van der Waals surface area contributed by atoms with Gasteiger partial charge in [-0.25, -0.2) is 9.07 Å². The zero-order chi connectivity index (χ0) is 11.0. The number of rotatable bonds is 1. The van der Waals surface area contributed by atoms with Crippen molar-refractivity contribution in [2.45, 2.75) is 6.92 Å². The molecule has 0 aliphatic rings. The molecule has 0 saturated heterocycles. The molecular formula is C10H8ClFN2O. The Balaban J connectivity index is 2.64. The van der Waals surface area contributed by atoms with Gasteiger partial charge in [-0.15, -0.1) is 0 Å². The molecule has 1 N–H and O–H groups in total. The minimum Gasteiger partial charge on any atom is -0.295 e. The number of aromatic amines is 1. The molecule has 3 nitrogen and oxygen atoms in total. The first-order valence-electron chi connectivity index (χ1n) is 4.32. The Bertz CT molecular complexity index is 559. The lowest BCUT2D eigenvalue weighted by Crippen LogP contribution is -2.14. The average Bonchev–Trinajstić information content (AvgIpc) is 2.45. The summed E-state index contributed by atoms with van der Waals surface area (Å²) >= 11 is 5.61. The fraction of sp³-hybridized carbons (Fsp3) is 0.100. The summed E-state index contributed by atoms with van der Waals surface area (Å²) in [6.07, 6.45) is 0. The van der Waals surface area contributed by atoms with Crippen LogP contribution >= 0.6 is 11.6 Å². The van der Waals surface area contributed by atoms with E-state index >= 15 is 0 Å². The van der Waals surface area contributed by atoms with Crippen LogP contribution in [0.5, 0.6) is 0 Å². The van der Waals surface area contributed by atoms with Gasteiger partial charge in [-0.1, -0.05) is 11.6 Å². The third-order valence-electron chi connectivity index (χ3n) is 2.00. The minimum atomic E-state index is -0.536. The zero-order valence-electron chi connectivity index (χ0n) is 7.92. The van der Waals surface area contributed by atoms with Crippen LogP contribution in [0.1, 0.15) is 5.69 Å². The molecule has 0 unspecified atom stereocenters. The van der Waals surface area contributed by atoms with Crippen molar-refractivity contribution in [3.63, 3.8) is 0 Å². The van der Waals surface area contributed by atoms with E-state index in [0.717, 1.165) is 4.68 Å². The molecule has 1 heterocycles. The number of nitrogens with one attached hydrogen (secondary N) is 1. The van der Waals surface area contributed by atoms with Crippen molar-refractivity contribution in [2.75, 3.05) is 0 Å². The fourth-order valence-electron chi connectivity index (χ4n) is 1.36. The molecule has 0 atom stereocenters. The summed E-state index contributed by atoms with van der Waals surface area (Å²) < 4.78 is 14.6. The van der Waals surface area contributed by atoms with Crippen LogP contribution in [0, 0.1) is 12.7 Å². The van der Waals surface area contributed by atoms with Crippen molar-refractivity contribution in [3.05, 3.63) is 51.2 Å². The van der Waals surface area contributed by atoms with Gasteiger partial charge < -0.3 is 0 Å². The van der Waals surface area contributed by atoms with E-state index in [0.29, 0.717) is 10.7 Å².